The average molecular weight is 253 g/mol. The number of nitrogens with zero attached hydrogens (tertiary/aromatic N) is 1. The molecule has 17 heavy (non-hydrogen) atoms. The molecule has 0 spiro atoms. The number of hydrogen-bond donors (Lipinski definition) is 0. The predicted molar refractivity (Wildman–Crippen MR) is 73.8 cm³/mol. The molecule has 0 radical (unpaired) electrons. The molecule has 0 bridgehead atoms. The molecule has 0 N–H and O–H groups in total. The lowest BCUT2D eigenvalue weighted by molar-refractivity contribution is 0.442. The van der Waals surface area contributed by atoms with E-state index in [2.05, 4.69) is 17.7 Å². The van der Waals surface area contributed by atoms with E-state index in [1.54, 1.807) is 0 Å². The smallest absolute Gasteiger partial charge is 0.146 e. The quantitative estimate of drug-likeness (QED) is 0.641. The van der Waals surface area contributed by atoms with Crippen LogP contribution in [-0.2, 0) is 0 Å². The zero-order valence-electron chi connectivity index (χ0n) is 11.5. The van der Waals surface area contributed by atoms with Gasteiger partial charge < -0.3 is 4.57 Å². The van der Waals surface area contributed by atoms with Crippen LogP contribution in [0.4, 0.5) is 4.39 Å². The van der Waals surface area contributed by atoms with Crippen LogP contribution in [0.5, 0.6) is 0 Å². The zero-order valence-corrected chi connectivity index (χ0v) is 12.5. The highest BCUT2D eigenvalue weighted by Gasteiger charge is 2.27. The Kier molecular flexibility index (Phi) is 3.48. The summed E-state index contributed by atoms with van der Waals surface area (Å²) in [6, 6.07) is 3.36. The summed E-state index contributed by atoms with van der Waals surface area (Å²) in [4.78, 5) is 0. The first-order chi connectivity index (χ1) is 7.91. The summed E-state index contributed by atoms with van der Waals surface area (Å²) in [6.45, 7) is 8.76. The minimum atomic E-state index is -0.947. The third-order valence-corrected chi connectivity index (χ3v) is 7.67. The summed E-state index contributed by atoms with van der Waals surface area (Å²) in [5, 5.41) is 0. The summed E-state index contributed by atoms with van der Waals surface area (Å²) in [5.41, 5.74) is 1.62. The van der Waals surface area contributed by atoms with E-state index < -0.39 is 8.07 Å². The summed E-state index contributed by atoms with van der Waals surface area (Å²) in [7, 11) is -0.947. The molecule has 1 fully saturated rings. The molecule has 1 unspecified atom stereocenters. The Bertz CT molecular complexity index is 409. The lowest BCUT2D eigenvalue weighted by Crippen LogP contribution is -2.23. The van der Waals surface area contributed by atoms with Crippen molar-refractivity contribution in [2.45, 2.75) is 64.3 Å². The fourth-order valence-electron chi connectivity index (χ4n) is 3.06. The van der Waals surface area contributed by atoms with Gasteiger partial charge in [-0.05, 0) is 26.7 Å². The molecule has 96 valence electrons. The minimum absolute atomic E-state index is 0.00856. The van der Waals surface area contributed by atoms with E-state index in [-0.39, 0.29) is 5.82 Å². The average Bonchev–Trinajstić information content (AvgIpc) is 2.44. The van der Waals surface area contributed by atoms with Gasteiger partial charge in [0.25, 0.3) is 0 Å². The molecule has 1 aliphatic heterocycles. The summed E-state index contributed by atoms with van der Waals surface area (Å²) in [6.07, 6.45) is 5.80. The lowest BCUT2D eigenvalue weighted by atomic mass is 10.1. The molecular weight excluding hydrogens is 229 g/mol. The topological polar surface area (TPSA) is 4.93 Å². The number of halogens is 1. The Morgan fingerprint density at radius 2 is 1.94 bits per heavy atom. The van der Waals surface area contributed by atoms with Gasteiger partial charge in [-0.15, -0.1) is 0 Å². The first-order valence-corrected chi connectivity index (χ1v) is 10.2. The van der Waals surface area contributed by atoms with Gasteiger partial charge in [-0.3, -0.25) is 0 Å². The fourth-order valence-corrected chi connectivity index (χ4v) is 5.59. The molecule has 1 aromatic heterocycles. The highest BCUT2D eigenvalue weighted by Crippen LogP contribution is 2.34. The normalized spacial score (nSPS) is 24.6. The molecule has 1 nitrogen and oxygen atoms in total. The third-order valence-electron chi connectivity index (χ3n) is 4.32. The van der Waals surface area contributed by atoms with E-state index in [0.717, 1.165) is 11.3 Å². The number of rotatable bonds is 1. The molecular formula is C14H24FNSi. The van der Waals surface area contributed by atoms with Gasteiger partial charge in [-0.1, -0.05) is 31.6 Å². The fraction of sp³-hybridized carbons (Fsp3) is 0.714. The molecule has 0 aromatic carbocycles. The molecule has 2 heterocycles. The van der Waals surface area contributed by atoms with Gasteiger partial charge >= 0.3 is 0 Å². The van der Waals surface area contributed by atoms with Crippen molar-refractivity contribution >= 4 is 8.07 Å². The Labute approximate surface area is 105 Å². The standard InChI is InChI=1S/C14H24FNSi/c1-11-10-16(12(2)14(11)15)13-6-5-8-17(3,4)9-7-13/h10,13H,5-9H2,1-4H3. The summed E-state index contributed by atoms with van der Waals surface area (Å²) < 4.78 is 15.9. The maximum Gasteiger partial charge on any atom is 0.146 e. The third kappa shape index (κ3) is 2.64. The molecule has 1 aliphatic rings. The Balaban J connectivity index is 2.20. The molecule has 1 atom stereocenters. The van der Waals surface area contributed by atoms with Gasteiger partial charge in [0.2, 0.25) is 0 Å². The van der Waals surface area contributed by atoms with Crippen molar-refractivity contribution in [3.63, 3.8) is 0 Å². The van der Waals surface area contributed by atoms with Gasteiger partial charge in [0.1, 0.15) is 5.82 Å². The summed E-state index contributed by atoms with van der Waals surface area (Å²) >= 11 is 0. The SMILES string of the molecule is Cc1cn(C2CCC[Si](C)(C)CC2)c(C)c1F. The van der Waals surface area contributed by atoms with Crippen molar-refractivity contribution in [2.24, 2.45) is 0 Å². The van der Waals surface area contributed by atoms with Gasteiger partial charge in [0, 0.05) is 25.9 Å². The van der Waals surface area contributed by atoms with E-state index in [9.17, 15) is 4.39 Å². The molecule has 2 rings (SSSR count). The minimum Gasteiger partial charge on any atom is -0.346 e. The second-order valence-corrected chi connectivity index (χ2v) is 11.7. The molecule has 1 saturated heterocycles. The van der Waals surface area contributed by atoms with Crippen LogP contribution in [-0.4, -0.2) is 12.6 Å². The second kappa shape index (κ2) is 4.60. The number of aryl methyl sites for hydroxylation is 1. The van der Waals surface area contributed by atoms with E-state index in [1.807, 2.05) is 20.0 Å². The second-order valence-electron chi connectivity index (χ2n) is 6.37. The maximum atomic E-state index is 13.7. The van der Waals surface area contributed by atoms with Crippen molar-refractivity contribution in [1.29, 1.82) is 0 Å². The van der Waals surface area contributed by atoms with Crippen LogP contribution in [0, 0.1) is 19.7 Å². The van der Waals surface area contributed by atoms with Gasteiger partial charge in [0.15, 0.2) is 0 Å². The number of aromatic nitrogens is 1. The van der Waals surface area contributed by atoms with E-state index in [0.29, 0.717) is 6.04 Å². The van der Waals surface area contributed by atoms with Crippen molar-refractivity contribution in [1.82, 2.24) is 4.57 Å². The predicted octanol–water partition coefficient (Wildman–Crippen LogP) is 4.68. The van der Waals surface area contributed by atoms with E-state index >= 15 is 0 Å². The highest BCUT2D eigenvalue weighted by atomic mass is 28.3. The molecule has 0 amide bonds. The first-order valence-electron chi connectivity index (χ1n) is 6.74. The van der Waals surface area contributed by atoms with Crippen LogP contribution in [0.25, 0.3) is 0 Å². The first kappa shape index (κ1) is 12.9. The summed E-state index contributed by atoms with van der Waals surface area (Å²) in [5.74, 6) is -0.00856. The van der Waals surface area contributed by atoms with Gasteiger partial charge in [-0.25, -0.2) is 4.39 Å². The highest BCUT2D eigenvalue weighted by molar-refractivity contribution is 6.77. The van der Waals surface area contributed by atoms with Crippen molar-refractivity contribution < 1.29 is 4.39 Å². The van der Waals surface area contributed by atoms with E-state index in [4.69, 9.17) is 0 Å². The van der Waals surface area contributed by atoms with Crippen LogP contribution >= 0.6 is 0 Å². The molecule has 1 aromatic rings. The monoisotopic (exact) mass is 253 g/mol. The Morgan fingerprint density at radius 1 is 1.24 bits per heavy atom. The lowest BCUT2D eigenvalue weighted by Gasteiger charge is -2.21. The Hall–Kier alpha value is -0.573. The van der Waals surface area contributed by atoms with Crippen LogP contribution in [0.15, 0.2) is 6.20 Å². The maximum absolute atomic E-state index is 13.7. The Morgan fingerprint density at radius 3 is 2.53 bits per heavy atom. The largest absolute Gasteiger partial charge is 0.346 e. The molecule has 0 saturated carbocycles. The number of hydrogen-bond acceptors (Lipinski definition) is 0. The van der Waals surface area contributed by atoms with Crippen molar-refractivity contribution in [3.8, 4) is 0 Å². The van der Waals surface area contributed by atoms with E-state index in [1.165, 1.54) is 31.4 Å². The molecule has 0 aliphatic carbocycles. The molecule has 3 heteroatoms. The van der Waals surface area contributed by atoms with Crippen LogP contribution < -0.4 is 0 Å². The van der Waals surface area contributed by atoms with Crippen LogP contribution in [0.1, 0.15) is 36.6 Å². The van der Waals surface area contributed by atoms with Crippen LogP contribution in [0.2, 0.25) is 25.2 Å². The van der Waals surface area contributed by atoms with Gasteiger partial charge in [-0.2, -0.15) is 0 Å². The van der Waals surface area contributed by atoms with Crippen LogP contribution in [0.3, 0.4) is 0 Å². The zero-order chi connectivity index (χ0) is 12.6. The van der Waals surface area contributed by atoms with Crippen molar-refractivity contribution in [2.75, 3.05) is 0 Å². The van der Waals surface area contributed by atoms with Gasteiger partial charge in [0.05, 0.1) is 5.69 Å². The van der Waals surface area contributed by atoms with Crippen molar-refractivity contribution in [3.05, 3.63) is 23.3 Å².